The van der Waals surface area contributed by atoms with Crippen LogP contribution >= 0.6 is 0 Å². The molecule has 2 atom stereocenters. The summed E-state index contributed by atoms with van der Waals surface area (Å²) in [6, 6.07) is 6.11. The van der Waals surface area contributed by atoms with Crippen molar-refractivity contribution in [1.29, 1.82) is 0 Å². The van der Waals surface area contributed by atoms with Crippen LogP contribution in [0.15, 0.2) is 36.7 Å². The summed E-state index contributed by atoms with van der Waals surface area (Å²) in [6.45, 7) is 0. The van der Waals surface area contributed by atoms with Crippen molar-refractivity contribution in [2.24, 2.45) is 5.73 Å². The highest BCUT2D eigenvalue weighted by Crippen LogP contribution is 2.19. The van der Waals surface area contributed by atoms with Gasteiger partial charge in [0.2, 0.25) is 0 Å². The molecule has 2 rings (SSSR count). The van der Waals surface area contributed by atoms with Gasteiger partial charge in [-0.3, -0.25) is 0 Å². The van der Waals surface area contributed by atoms with E-state index in [9.17, 15) is 4.39 Å². The van der Waals surface area contributed by atoms with Gasteiger partial charge in [0, 0.05) is 19.4 Å². The molecule has 0 radical (unpaired) electrons. The second kappa shape index (κ2) is 3.90. The number of benzene rings is 1. The van der Waals surface area contributed by atoms with E-state index in [1.165, 1.54) is 12.1 Å². The summed E-state index contributed by atoms with van der Waals surface area (Å²) >= 11 is 0. The minimum Gasteiger partial charge on any atom is -0.368 e. The first kappa shape index (κ1) is 9.98. The summed E-state index contributed by atoms with van der Waals surface area (Å²) in [5, 5.41) is 3.15. The lowest BCUT2D eigenvalue weighted by Gasteiger charge is -2.27. The minimum atomic E-state index is -0.239. The van der Waals surface area contributed by atoms with Gasteiger partial charge in [-0.25, -0.2) is 4.39 Å². The van der Waals surface area contributed by atoms with E-state index >= 15 is 0 Å². The molecule has 1 heterocycles. The number of likely N-dealkylation sites (N-methyl/N-ethyl adjacent to an activating group) is 1. The van der Waals surface area contributed by atoms with Crippen molar-refractivity contribution in [2.45, 2.75) is 12.2 Å². The first-order chi connectivity index (χ1) is 7.18. The van der Waals surface area contributed by atoms with Gasteiger partial charge in [0.15, 0.2) is 0 Å². The van der Waals surface area contributed by atoms with E-state index in [2.05, 4.69) is 5.32 Å². The summed E-state index contributed by atoms with van der Waals surface area (Å²) in [7, 11) is 1.95. The van der Waals surface area contributed by atoms with Gasteiger partial charge in [-0.05, 0) is 17.7 Å². The molecule has 1 aliphatic heterocycles. The Morgan fingerprint density at radius 3 is 2.60 bits per heavy atom. The maximum Gasteiger partial charge on any atom is 0.123 e. The summed E-state index contributed by atoms with van der Waals surface area (Å²) in [4.78, 5) is 1.99. The second-order valence-electron chi connectivity index (χ2n) is 3.67. The molecule has 0 amide bonds. The van der Waals surface area contributed by atoms with Gasteiger partial charge in [-0.1, -0.05) is 12.1 Å². The molecule has 3 N–H and O–H groups in total. The summed E-state index contributed by atoms with van der Waals surface area (Å²) in [5.74, 6) is -0.239. The van der Waals surface area contributed by atoms with Crippen LogP contribution in [-0.4, -0.2) is 18.1 Å². The largest absolute Gasteiger partial charge is 0.368 e. The lowest BCUT2D eigenvalue weighted by Crippen LogP contribution is -2.42. The van der Waals surface area contributed by atoms with Crippen LogP contribution in [0.25, 0.3) is 0 Å². The second-order valence-corrected chi connectivity index (χ2v) is 3.67. The average molecular weight is 207 g/mol. The van der Waals surface area contributed by atoms with Gasteiger partial charge in [0.05, 0.1) is 6.04 Å². The third-order valence-electron chi connectivity index (χ3n) is 2.61. The van der Waals surface area contributed by atoms with E-state index in [1.54, 1.807) is 12.1 Å². The van der Waals surface area contributed by atoms with E-state index < -0.39 is 0 Å². The van der Waals surface area contributed by atoms with E-state index in [0.717, 1.165) is 5.56 Å². The average Bonchev–Trinajstić information content (AvgIpc) is 2.65. The molecule has 0 aromatic heterocycles. The molecule has 1 unspecified atom stereocenters. The van der Waals surface area contributed by atoms with Crippen LogP contribution in [0.4, 0.5) is 4.39 Å². The van der Waals surface area contributed by atoms with Crippen LogP contribution in [0.5, 0.6) is 0 Å². The normalized spacial score (nSPS) is 21.5. The zero-order valence-electron chi connectivity index (χ0n) is 8.52. The number of nitrogens with two attached hydrogens (primary N) is 1. The molecule has 1 aromatic rings. The van der Waals surface area contributed by atoms with Crippen LogP contribution in [-0.2, 0) is 0 Å². The molecule has 80 valence electrons. The maximum atomic E-state index is 12.7. The maximum absolute atomic E-state index is 12.7. The van der Waals surface area contributed by atoms with Crippen molar-refractivity contribution in [1.82, 2.24) is 10.2 Å². The fraction of sp³-hybridized carbons (Fsp3) is 0.273. The lowest BCUT2D eigenvalue weighted by atomic mass is 10.0. The van der Waals surface area contributed by atoms with E-state index in [1.807, 2.05) is 24.3 Å². The predicted molar refractivity (Wildman–Crippen MR) is 57.2 cm³/mol. The fourth-order valence-corrected chi connectivity index (χ4v) is 1.69. The molecule has 0 bridgehead atoms. The lowest BCUT2D eigenvalue weighted by molar-refractivity contribution is 0.285. The van der Waals surface area contributed by atoms with Crippen molar-refractivity contribution in [3.63, 3.8) is 0 Å². The van der Waals surface area contributed by atoms with Crippen molar-refractivity contribution in [3.8, 4) is 0 Å². The zero-order valence-corrected chi connectivity index (χ0v) is 8.52. The molecule has 0 saturated carbocycles. The molecule has 15 heavy (non-hydrogen) atoms. The van der Waals surface area contributed by atoms with E-state index in [-0.39, 0.29) is 18.0 Å². The predicted octanol–water partition coefficient (Wildman–Crippen LogP) is 1.16. The van der Waals surface area contributed by atoms with Crippen molar-refractivity contribution < 1.29 is 4.39 Å². The Morgan fingerprint density at radius 2 is 2.07 bits per heavy atom. The van der Waals surface area contributed by atoms with Crippen molar-refractivity contribution in [2.75, 3.05) is 7.05 Å². The molecular weight excluding hydrogens is 193 g/mol. The van der Waals surface area contributed by atoms with Gasteiger partial charge in [0.25, 0.3) is 0 Å². The Kier molecular flexibility index (Phi) is 2.60. The molecule has 0 saturated heterocycles. The van der Waals surface area contributed by atoms with Crippen LogP contribution < -0.4 is 11.1 Å². The fourth-order valence-electron chi connectivity index (χ4n) is 1.69. The molecule has 1 aromatic carbocycles. The van der Waals surface area contributed by atoms with Gasteiger partial charge in [0.1, 0.15) is 12.0 Å². The third kappa shape index (κ3) is 1.94. The molecule has 1 aliphatic rings. The van der Waals surface area contributed by atoms with Crippen LogP contribution in [0.2, 0.25) is 0 Å². The Hall–Kier alpha value is -1.55. The van der Waals surface area contributed by atoms with E-state index in [4.69, 9.17) is 5.73 Å². The zero-order chi connectivity index (χ0) is 10.8. The Bertz CT molecular complexity index is 361. The van der Waals surface area contributed by atoms with E-state index in [0.29, 0.717) is 0 Å². The van der Waals surface area contributed by atoms with Gasteiger partial charge >= 0.3 is 0 Å². The summed E-state index contributed by atoms with van der Waals surface area (Å²) < 4.78 is 12.7. The Labute approximate surface area is 88.4 Å². The standard InChI is InChI=1S/C11H14FN3/c1-15-7-6-14-11(15)10(13)8-2-4-9(12)5-3-8/h2-7,10-11,14H,13H2,1H3/t10-,11?/m0/s1. The molecule has 0 fully saturated rings. The monoisotopic (exact) mass is 207 g/mol. The molecule has 0 spiro atoms. The minimum absolute atomic E-state index is 0.0375. The summed E-state index contributed by atoms with van der Waals surface area (Å²) in [5.41, 5.74) is 6.99. The van der Waals surface area contributed by atoms with Crippen LogP contribution in [0, 0.1) is 5.82 Å². The molecule has 4 heteroatoms. The number of nitrogens with one attached hydrogen (secondary N) is 1. The molecule has 3 nitrogen and oxygen atoms in total. The highest BCUT2D eigenvalue weighted by Gasteiger charge is 2.23. The Morgan fingerprint density at radius 1 is 1.40 bits per heavy atom. The molecule has 0 aliphatic carbocycles. The van der Waals surface area contributed by atoms with Crippen molar-refractivity contribution in [3.05, 3.63) is 48.0 Å². The summed E-state index contributed by atoms with van der Waals surface area (Å²) in [6.07, 6.45) is 3.82. The number of hydrogen-bond acceptors (Lipinski definition) is 3. The van der Waals surface area contributed by atoms with Crippen molar-refractivity contribution >= 4 is 0 Å². The van der Waals surface area contributed by atoms with Gasteiger partial charge < -0.3 is 16.0 Å². The molecular formula is C11H14FN3. The topological polar surface area (TPSA) is 41.3 Å². The first-order valence-corrected chi connectivity index (χ1v) is 4.84. The number of nitrogens with zero attached hydrogens (tertiary/aromatic N) is 1. The number of halogens is 1. The van der Waals surface area contributed by atoms with Crippen LogP contribution in [0.1, 0.15) is 11.6 Å². The number of hydrogen-bond donors (Lipinski definition) is 2. The third-order valence-corrected chi connectivity index (χ3v) is 2.61. The van der Waals surface area contributed by atoms with Gasteiger partial charge in [-0.15, -0.1) is 0 Å². The Balaban J connectivity index is 2.14. The smallest absolute Gasteiger partial charge is 0.123 e. The quantitative estimate of drug-likeness (QED) is 0.764. The highest BCUT2D eigenvalue weighted by atomic mass is 19.1. The number of rotatable bonds is 2. The highest BCUT2D eigenvalue weighted by molar-refractivity contribution is 5.22. The van der Waals surface area contributed by atoms with Crippen LogP contribution in [0.3, 0.4) is 0 Å². The first-order valence-electron chi connectivity index (χ1n) is 4.84. The van der Waals surface area contributed by atoms with Gasteiger partial charge in [-0.2, -0.15) is 0 Å². The SMILES string of the molecule is CN1C=CNC1[C@@H](N)c1ccc(F)cc1.